The smallest absolute Gasteiger partial charge is 0.173 e. The fourth-order valence-corrected chi connectivity index (χ4v) is 2.03. The molecule has 0 aliphatic carbocycles. The van der Waals surface area contributed by atoms with E-state index in [2.05, 4.69) is 21.1 Å². The molecule has 20 heavy (non-hydrogen) atoms. The highest BCUT2D eigenvalue weighted by Gasteiger charge is 2.12. The highest BCUT2D eigenvalue weighted by atomic mass is 79.9. The van der Waals surface area contributed by atoms with E-state index in [1.165, 1.54) is 0 Å². The fourth-order valence-electron chi connectivity index (χ4n) is 1.67. The zero-order valence-electron chi connectivity index (χ0n) is 10.7. The van der Waals surface area contributed by atoms with Gasteiger partial charge < -0.3 is 20.4 Å². The Bertz CT molecular complexity index is 644. The molecule has 2 rings (SSSR count). The number of hydrogen-bond acceptors (Lipinski definition) is 4. The van der Waals surface area contributed by atoms with E-state index in [0.717, 1.165) is 4.47 Å². The van der Waals surface area contributed by atoms with Crippen molar-refractivity contribution < 1.29 is 14.7 Å². The van der Waals surface area contributed by atoms with Crippen molar-refractivity contribution >= 4 is 21.8 Å². The zero-order chi connectivity index (χ0) is 14.5. The summed E-state index contributed by atoms with van der Waals surface area (Å²) in [6, 6.07) is 12.5. The topological polar surface area (TPSA) is 77.1 Å². The maximum Gasteiger partial charge on any atom is 0.173 e. The molecule has 0 saturated heterocycles. The minimum Gasteiger partial charge on any atom is -0.493 e. The Morgan fingerprint density at radius 3 is 2.50 bits per heavy atom. The van der Waals surface area contributed by atoms with Gasteiger partial charge in [0.05, 0.1) is 12.7 Å². The number of ether oxygens (including phenoxy) is 2. The SMILES string of the molecule is COc1ccccc1Oc1ccc(Br)cc1/C(N)=N/O. The molecular weight excluding hydrogens is 324 g/mol. The summed E-state index contributed by atoms with van der Waals surface area (Å²) in [6.07, 6.45) is 0. The summed E-state index contributed by atoms with van der Waals surface area (Å²) >= 11 is 3.33. The van der Waals surface area contributed by atoms with Crippen LogP contribution >= 0.6 is 15.9 Å². The van der Waals surface area contributed by atoms with Crippen LogP contribution in [0.3, 0.4) is 0 Å². The van der Waals surface area contributed by atoms with Gasteiger partial charge in [0.25, 0.3) is 0 Å². The van der Waals surface area contributed by atoms with Gasteiger partial charge in [-0.2, -0.15) is 0 Å². The van der Waals surface area contributed by atoms with Crippen LogP contribution in [0, 0.1) is 0 Å². The van der Waals surface area contributed by atoms with Gasteiger partial charge >= 0.3 is 0 Å². The molecule has 0 unspecified atom stereocenters. The number of rotatable bonds is 4. The molecule has 0 fully saturated rings. The molecule has 0 aromatic heterocycles. The van der Waals surface area contributed by atoms with E-state index in [1.807, 2.05) is 12.1 Å². The third-order valence-electron chi connectivity index (χ3n) is 2.61. The van der Waals surface area contributed by atoms with Crippen molar-refractivity contribution in [2.24, 2.45) is 10.9 Å². The molecule has 3 N–H and O–H groups in total. The molecule has 0 bridgehead atoms. The molecular formula is C14H13BrN2O3. The molecule has 0 heterocycles. The third-order valence-corrected chi connectivity index (χ3v) is 3.11. The normalized spacial score (nSPS) is 11.2. The predicted octanol–water partition coefficient (Wildman–Crippen LogP) is 3.34. The molecule has 0 atom stereocenters. The van der Waals surface area contributed by atoms with Crippen LogP contribution in [-0.4, -0.2) is 18.2 Å². The molecule has 0 saturated carbocycles. The molecule has 0 aliphatic rings. The van der Waals surface area contributed by atoms with Gasteiger partial charge in [0.2, 0.25) is 0 Å². The summed E-state index contributed by atoms with van der Waals surface area (Å²) in [7, 11) is 1.56. The molecule has 0 aliphatic heterocycles. The molecule has 5 nitrogen and oxygen atoms in total. The van der Waals surface area contributed by atoms with E-state index < -0.39 is 0 Å². The monoisotopic (exact) mass is 336 g/mol. The lowest BCUT2D eigenvalue weighted by atomic mass is 10.2. The van der Waals surface area contributed by atoms with Crippen LogP contribution in [0.1, 0.15) is 5.56 Å². The van der Waals surface area contributed by atoms with Crippen LogP contribution in [-0.2, 0) is 0 Å². The Balaban J connectivity index is 2.43. The van der Waals surface area contributed by atoms with Crippen LogP contribution in [0.5, 0.6) is 17.2 Å². The molecule has 104 valence electrons. The summed E-state index contributed by atoms with van der Waals surface area (Å²) in [4.78, 5) is 0. The molecule has 0 spiro atoms. The van der Waals surface area contributed by atoms with Gasteiger partial charge in [-0.15, -0.1) is 0 Å². The first-order chi connectivity index (χ1) is 9.65. The number of methoxy groups -OCH3 is 1. The highest BCUT2D eigenvalue weighted by Crippen LogP contribution is 2.33. The molecule has 2 aromatic carbocycles. The number of para-hydroxylation sites is 2. The lowest BCUT2D eigenvalue weighted by Crippen LogP contribution is -2.14. The zero-order valence-corrected chi connectivity index (χ0v) is 12.3. The third kappa shape index (κ3) is 3.03. The number of nitrogens with zero attached hydrogens (tertiary/aromatic N) is 1. The second kappa shape index (κ2) is 6.29. The first-order valence-corrected chi connectivity index (χ1v) is 6.53. The lowest BCUT2D eigenvalue weighted by Gasteiger charge is -2.13. The number of amidine groups is 1. The van der Waals surface area contributed by atoms with Crippen LogP contribution in [0.25, 0.3) is 0 Å². The highest BCUT2D eigenvalue weighted by molar-refractivity contribution is 9.10. The second-order valence-electron chi connectivity index (χ2n) is 3.88. The fraction of sp³-hybridized carbons (Fsp3) is 0.0714. The Morgan fingerprint density at radius 1 is 1.15 bits per heavy atom. The van der Waals surface area contributed by atoms with Crippen molar-refractivity contribution in [3.05, 3.63) is 52.5 Å². The van der Waals surface area contributed by atoms with Gasteiger partial charge in [-0.25, -0.2) is 0 Å². The van der Waals surface area contributed by atoms with Crippen molar-refractivity contribution in [1.29, 1.82) is 0 Å². The predicted molar refractivity (Wildman–Crippen MR) is 79.7 cm³/mol. The number of oxime groups is 1. The van der Waals surface area contributed by atoms with Crippen molar-refractivity contribution in [3.8, 4) is 17.2 Å². The maximum atomic E-state index is 8.84. The second-order valence-corrected chi connectivity index (χ2v) is 4.79. The summed E-state index contributed by atoms with van der Waals surface area (Å²) < 4.78 is 11.8. The van der Waals surface area contributed by atoms with Gasteiger partial charge in [-0.3, -0.25) is 0 Å². The van der Waals surface area contributed by atoms with E-state index in [1.54, 1.807) is 37.4 Å². The van der Waals surface area contributed by atoms with Crippen molar-refractivity contribution in [1.82, 2.24) is 0 Å². The maximum absolute atomic E-state index is 8.84. The van der Waals surface area contributed by atoms with Gasteiger partial charge in [-0.1, -0.05) is 33.2 Å². The number of nitrogens with two attached hydrogens (primary N) is 1. The van der Waals surface area contributed by atoms with Crippen LogP contribution in [0.15, 0.2) is 52.1 Å². The summed E-state index contributed by atoms with van der Waals surface area (Å²) in [6.45, 7) is 0. The van der Waals surface area contributed by atoms with Gasteiger partial charge in [-0.05, 0) is 30.3 Å². The Hall–Kier alpha value is -2.21. The van der Waals surface area contributed by atoms with Gasteiger partial charge in [0.1, 0.15) is 5.75 Å². The van der Waals surface area contributed by atoms with Crippen LogP contribution in [0.2, 0.25) is 0 Å². The summed E-state index contributed by atoms with van der Waals surface area (Å²) in [5, 5.41) is 11.8. The molecule has 2 aromatic rings. The van der Waals surface area contributed by atoms with Gasteiger partial charge in [0, 0.05) is 4.47 Å². The van der Waals surface area contributed by atoms with E-state index in [4.69, 9.17) is 20.4 Å². The largest absolute Gasteiger partial charge is 0.493 e. The Labute approximate surface area is 124 Å². The summed E-state index contributed by atoms with van der Waals surface area (Å²) in [5.74, 6) is 1.58. The Kier molecular flexibility index (Phi) is 4.47. The average molecular weight is 337 g/mol. The van der Waals surface area contributed by atoms with Crippen molar-refractivity contribution in [3.63, 3.8) is 0 Å². The minimum absolute atomic E-state index is 0.0313. The average Bonchev–Trinajstić information content (AvgIpc) is 2.48. The molecule has 6 heteroatoms. The van der Waals surface area contributed by atoms with E-state index in [9.17, 15) is 0 Å². The minimum atomic E-state index is -0.0313. The summed E-state index contributed by atoms with van der Waals surface area (Å²) in [5.41, 5.74) is 6.14. The number of hydrogen-bond donors (Lipinski definition) is 2. The Morgan fingerprint density at radius 2 is 1.85 bits per heavy atom. The van der Waals surface area contributed by atoms with Crippen molar-refractivity contribution in [2.45, 2.75) is 0 Å². The first-order valence-electron chi connectivity index (χ1n) is 5.74. The number of halogens is 1. The van der Waals surface area contributed by atoms with Gasteiger partial charge in [0.15, 0.2) is 17.3 Å². The quantitative estimate of drug-likeness (QED) is 0.388. The van der Waals surface area contributed by atoms with E-state index >= 15 is 0 Å². The van der Waals surface area contributed by atoms with Crippen LogP contribution < -0.4 is 15.2 Å². The molecule has 0 amide bonds. The van der Waals surface area contributed by atoms with E-state index in [-0.39, 0.29) is 5.84 Å². The lowest BCUT2D eigenvalue weighted by molar-refractivity contribution is 0.318. The number of benzene rings is 2. The van der Waals surface area contributed by atoms with E-state index in [0.29, 0.717) is 22.8 Å². The van der Waals surface area contributed by atoms with Crippen molar-refractivity contribution in [2.75, 3.05) is 7.11 Å². The standard InChI is InChI=1S/C14H13BrN2O3/c1-19-12-4-2-3-5-13(12)20-11-7-6-9(15)8-10(11)14(16)17-18/h2-8,18H,1H3,(H2,16,17). The molecule has 0 radical (unpaired) electrons. The first kappa shape index (κ1) is 14.2. The van der Waals surface area contributed by atoms with Crippen LogP contribution in [0.4, 0.5) is 0 Å².